The van der Waals surface area contributed by atoms with E-state index in [2.05, 4.69) is 72.1 Å². The molecule has 24 heavy (non-hydrogen) atoms. The zero-order chi connectivity index (χ0) is 15.7. The van der Waals surface area contributed by atoms with Gasteiger partial charge in [-0.3, -0.25) is 0 Å². The Bertz CT molecular complexity index is 1400. The summed E-state index contributed by atoms with van der Waals surface area (Å²) in [5, 5.41) is 10.9. The molecule has 2 heterocycles. The molecular weight excluding hydrogens is 312 g/mol. The lowest BCUT2D eigenvalue weighted by molar-refractivity contribution is 0.673. The number of hydrogen-bond donors (Lipinski definition) is 0. The van der Waals surface area contributed by atoms with E-state index in [-0.39, 0.29) is 0 Å². The molecule has 4 aromatic carbocycles. The van der Waals surface area contributed by atoms with Gasteiger partial charge in [-0.15, -0.1) is 11.3 Å². The van der Waals surface area contributed by atoms with Gasteiger partial charge >= 0.3 is 0 Å². The molecule has 0 atom stereocenters. The third kappa shape index (κ3) is 1.49. The van der Waals surface area contributed by atoms with E-state index >= 15 is 0 Å². The minimum atomic E-state index is 0.973. The highest BCUT2D eigenvalue weighted by molar-refractivity contribution is 7.18. The molecule has 6 aromatic rings. The number of fused-ring (bicyclic) bond motifs is 9. The maximum Gasteiger partial charge on any atom is 0.143 e. The lowest BCUT2D eigenvalue weighted by atomic mass is 10.00. The molecule has 0 saturated carbocycles. The number of thiophene rings is 1. The van der Waals surface area contributed by atoms with Crippen LogP contribution in [0, 0.1) is 0 Å². The van der Waals surface area contributed by atoms with E-state index in [0.29, 0.717) is 0 Å². The summed E-state index contributed by atoms with van der Waals surface area (Å²) in [5.74, 6) is 0. The molecule has 0 bridgehead atoms. The highest BCUT2D eigenvalue weighted by Crippen LogP contribution is 2.40. The van der Waals surface area contributed by atoms with Crippen molar-refractivity contribution in [2.75, 3.05) is 0 Å². The smallest absolute Gasteiger partial charge is 0.143 e. The zero-order valence-electron chi connectivity index (χ0n) is 12.7. The van der Waals surface area contributed by atoms with Gasteiger partial charge in [-0.25, -0.2) is 0 Å². The lowest BCUT2D eigenvalue weighted by Crippen LogP contribution is -1.78. The molecule has 0 aliphatic rings. The van der Waals surface area contributed by atoms with Crippen molar-refractivity contribution in [2.45, 2.75) is 0 Å². The van der Waals surface area contributed by atoms with Crippen LogP contribution in [0.15, 0.2) is 76.5 Å². The summed E-state index contributed by atoms with van der Waals surface area (Å²) in [5.41, 5.74) is 1.97. The van der Waals surface area contributed by atoms with Gasteiger partial charge in [0, 0.05) is 20.9 Å². The SMILES string of the molecule is c1ccc2c(c1)ccc1c2ccc2c1oc1ccc3ccsc3c12. The summed E-state index contributed by atoms with van der Waals surface area (Å²) in [6, 6.07) is 23.8. The molecular formula is C22H12OS. The van der Waals surface area contributed by atoms with Crippen molar-refractivity contribution in [3.63, 3.8) is 0 Å². The van der Waals surface area contributed by atoms with Crippen molar-refractivity contribution >= 4 is 64.9 Å². The Balaban J connectivity index is 1.89. The van der Waals surface area contributed by atoms with Crippen LogP contribution in [-0.2, 0) is 0 Å². The molecule has 1 nitrogen and oxygen atoms in total. The summed E-state index contributed by atoms with van der Waals surface area (Å²) in [6.45, 7) is 0. The van der Waals surface area contributed by atoms with Crippen molar-refractivity contribution in [1.82, 2.24) is 0 Å². The maximum absolute atomic E-state index is 6.30. The van der Waals surface area contributed by atoms with E-state index in [9.17, 15) is 0 Å². The van der Waals surface area contributed by atoms with Gasteiger partial charge in [-0.1, -0.05) is 36.4 Å². The van der Waals surface area contributed by atoms with E-state index in [0.717, 1.165) is 11.2 Å². The maximum atomic E-state index is 6.30. The Labute approximate surface area is 141 Å². The van der Waals surface area contributed by atoms with Gasteiger partial charge < -0.3 is 4.42 Å². The van der Waals surface area contributed by atoms with Crippen LogP contribution in [0.2, 0.25) is 0 Å². The number of furan rings is 1. The second kappa shape index (κ2) is 4.37. The van der Waals surface area contributed by atoms with Crippen molar-refractivity contribution in [2.24, 2.45) is 0 Å². The van der Waals surface area contributed by atoms with Gasteiger partial charge in [0.1, 0.15) is 11.2 Å². The van der Waals surface area contributed by atoms with Crippen LogP contribution in [0.25, 0.3) is 53.6 Å². The van der Waals surface area contributed by atoms with Gasteiger partial charge in [-0.2, -0.15) is 0 Å². The largest absolute Gasteiger partial charge is 0.455 e. The molecule has 0 aliphatic heterocycles. The van der Waals surface area contributed by atoms with Crippen LogP contribution < -0.4 is 0 Å². The quantitative estimate of drug-likeness (QED) is 0.271. The molecule has 0 unspecified atom stereocenters. The molecule has 0 fully saturated rings. The van der Waals surface area contributed by atoms with Crippen molar-refractivity contribution in [1.29, 1.82) is 0 Å². The first-order valence-corrected chi connectivity index (χ1v) is 8.91. The van der Waals surface area contributed by atoms with Gasteiger partial charge in [0.2, 0.25) is 0 Å². The minimum Gasteiger partial charge on any atom is -0.455 e. The third-order valence-electron chi connectivity index (χ3n) is 4.94. The average Bonchev–Trinajstić information content (AvgIpc) is 3.24. The van der Waals surface area contributed by atoms with Crippen LogP contribution in [0.5, 0.6) is 0 Å². The molecule has 0 amide bonds. The second-order valence-electron chi connectivity index (χ2n) is 6.20. The first kappa shape index (κ1) is 12.6. The Morgan fingerprint density at radius 2 is 1.46 bits per heavy atom. The molecule has 0 spiro atoms. The third-order valence-corrected chi connectivity index (χ3v) is 5.89. The fraction of sp³-hybridized carbons (Fsp3) is 0. The lowest BCUT2D eigenvalue weighted by Gasteiger charge is -2.04. The van der Waals surface area contributed by atoms with E-state index in [1.165, 1.54) is 42.4 Å². The predicted octanol–water partition coefficient (Wildman–Crippen LogP) is 7.11. The molecule has 6 rings (SSSR count). The molecule has 0 radical (unpaired) electrons. The minimum absolute atomic E-state index is 0.973. The summed E-state index contributed by atoms with van der Waals surface area (Å²) >= 11 is 1.78. The first-order valence-electron chi connectivity index (χ1n) is 8.03. The van der Waals surface area contributed by atoms with Crippen molar-refractivity contribution in [3.8, 4) is 0 Å². The van der Waals surface area contributed by atoms with E-state index in [4.69, 9.17) is 4.42 Å². The fourth-order valence-corrected chi connectivity index (χ4v) is 4.78. The molecule has 0 aliphatic carbocycles. The molecule has 112 valence electrons. The Morgan fingerprint density at radius 1 is 0.625 bits per heavy atom. The Morgan fingerprint density at radius 3 is 2.46 bits per heavy atom. The summed E-state index contributed by atoms with van der Waals surface area (Å²) in [6.07, 6.45) is 0. The van der Waals surface area contributed by atoms with Gasteiger partial charge in [0.05, 0.1) is 0 Å². The monoisotopic (exact) mass is 324 g/mol. The topological polar surface area (TPSA) is 13.1 Å². The van der Waals surface area contributed by atoms with E-state index in [1.54, 1.807) is 11.3 Å². The Hall–Kier alpha value is -2.84. The van der Waals surface area contributed by atoms with Crippen LogP contribution in [0.1, 0.15) is 0 Å². The van der Waals surface area contributed by atoms with E-state index in [1.807, 2.05) is 0 Å². The number of hydrogen-bond acceptors (Lipinski definition) is 2. The average molecular weight is 324 g/mol. The number of rotatable bonds is 0. The standard InChI is InChI=1S/C22H12OS/c1-2-4-15-13(3-1)5-7-17-16(15)8-9-18-20-19(23-21(17)18)10-6-14-11-12-24-22(14)20/h1-12H. The number of benzene rings is 4. The fourth-order valence-electron chi connectivity index (χ4n) is 3.83. The zero-order valence-corrected chi connectivity index (χ0v) is 13.6. The van der Waals surface area contributed by atoms with Gasteiger partial charge in [0.25, 0.3) is 0 Å². The van der Waals surface area contributed by atoms with Crippen molar-refractivity contribution in [3.05, 3.63) is 72.1 Å². The molecule has 0 saturated heterocycles. The highest BCUT2D eigenvalue weighted by Gasteiger charge is 2.14. The molecule has 0 N–H and O–H groups in total. The second-order valence-corrected chi connectivity index (χ2v) is 7.12. The summed E-state index contributed by atoms with van der Waals surface area (Å²) in [4.78, 5) is 0. The normalized spacial score (nSPS) is 12.2. The first-order chi connectivity index (χ1) is 11.9. The van der Waals surface area contributed by atoms with Crippen LogP contribution >= 0.6 is 11.3 Å². The van der Waals surface area contributed by atoms with Crippen LogP contribution in [-0.4, -0.2) is 0 Å². The predicted molar refractivity (Wildman–Crippen MR) is 104 cm³/mol. The summed E-state index contributed by atoms with van der Waals surface area (Å²) < 4.78 is 7.61. The molecule has 2 aromatic heterocycles. The van der Waals surface area contributed by atoms with Crippen molar-refractivity contribution < 1.29 is 4.42 Å². The van der Waals surface area contributed by atoms with Gasteiger partial charge in [-0.05, 0) is 57.3 Å². The Kier molecular flexibility index (Phi) is 2.29. The summed E-state index contributed by atoms with van der Waals surface area (Å²) in [7, 11) is 0. The molecule has 2 heteroatoms. The van der Waals surface area contributed by atoms with Gasteiger partial charge in [0.15, 0.2) is 0 Å². The highest BCUT2D eigenvalue weighted by atomic mass is 32.1. The van der Waals surface area contributed by atoms with Crippen LogP contribution in [0.3, 0.4) is 0 Å². The van der Waals surface area contributed by atoms with Crippen LogP contribution in [0.4, 0.5) is 0 Å². The van der Waals surface area contributed by atoms with E-state index < -0.39 is 0 Å².